The Morgan fingerprint density at radius 1 is 0.618 bits per heavy atom. The smallest absolute Gasteiger partial charge is 0.0870 e. The Kier molecular flexibility index (Phi) is 5.39. The molecule has 1 heterocycles. The van der Waals surface area contributed by atoms with Crippen LogP contribution in [0.3, 0.4) is 0 Å². The quantitative estimate of drug-likeness (QED) is 0.336. The Balaban J connectivity index is 1.75. The van der Waals surface area contributed by atoms with Crippen molar-refractivity contribution in [2.24, 2.45) is 10.8 Å². The van der Waals surface area contributed by atoms with Crippen LogP contribution >= 0.6 is 0 Å². The molecule has 4 aromatic carbocycles. The summed E-state index contributed by atoms with van der Waals surface area (Å²) in [6.07, 6.45) is 0. The molecule has 1 aliphatic heterocycles. The van der Waals surface area contributed by atoms with E-state index in [2.05, 4.69) is 119 Å². The van der Waals surface area contributed by atoms with Crippen molar-refractivity contribution >= 4 is 21.5 Å². The number of fused-ring (bicyclic) bond motifs is 7. The van der Waals surface area contributed by atoms with Gasteiger partial charge in [0.1, 0.15) is 0 Å². The zero-order valence-electron chi connectivity index (χ0n) is 21.4. The lowest BCUT2D eigenvalue weighted by Gasteiger charge is -2.51. The molecule has 0 spiro atoms. The lowest BCUT2D eigenvalue weighted by molar-refractivity contribution is -0.153. The molecule has 0 aliphatic carbocycles. The highest BCUT2D eigenvalue weighted by Crippen LogP contribution is 2.47. The monoisotopic (exact) mass is 451 g/mol. The third-order valence-corrected chi connectivity index (χ3v) is 8.00. The van der Waals surface area contributed by atoms with Gasteiger partial charge in [0, 0.05) is 19.6 Å². The van der Waals surface area contributed by atoms with Crippen LogP contribution in [0.1, 0.15) is 52.7 Å². The van der Waals surface area contributed by atoms with Crippen LogP contribution in [0, 0.1) is 10.8 Å². The first-order valence-electron chi connectivity index (χ1n) is 12.5. The molecule has 0 unspecified atom stereocenters. The van der Waals surface area contributed by atoms with Gasteiger partial charge < -0.3 is 5.11 Å². The fourth-order valence-electron chi connectivity index (χ4n) is 6.06. The topological polar surface area (TPSA) is 23.5 Å². The maximum absolute atomic E-state index is 12.1. The van der Waals surface area contributed by atoms with Crippen molar-refractivity contribution in [3.63, 3.8) is 0 Å². The molecule has 0 aromatic heterocycles. The van der Waals surface area contributed by atoms with Crippen LogP contribution in [0.25, 0.3) is 32.7 Å². The van der Waals surface area contributed by atoms with Crippen molar-refractivity contribution < 1.29 is 5.11 Å². The number of aliphatic hydroxyl groups is 1. The molecule has 34 heavy (non-hydrogen) atoms. The Bertz CT molecular complexity index is 1270. The molecule has 2 heteroatoms. The van der Waals surface area contributed by atoms with Gasteiger partial charge in [0.15, 0.2) is 0 Å². The summed E-state index contributed by atoms with van der Waals surface area (Å²) in [6.45, 7) is 15.3. The molecule has 0 fully saturated rings. The minimum Gasteiger partial charge on any atom is -0.387 e. The molecule has 0 atom stereocenters. The first-order valence-corrected chi connectivity index (χ1v) is 12.5. The van der Waals surface area contributed by atoms with Gasteiger partial charge in [-0.05, 0) is 54.6 Å². The van der Waals surface area contributed by atoms with Crippen molar-refractivity contribution in [1.82, 2.24) is 4.90 Å². The van der Waals surface area contributed by atoms with Crippen LogP contribution in [0.4, 0.5) is 0 Å². The van der Waals surface area contributed by atoms with Crippen LogP contribution in [0.5, 0.6) is 0 Å². The van der Waals surface area contributed by atoms with Gasteiger partial charge in [-0.2, -0.15) is 0 Å². The highest BCUT2D eigenvalue weighted by Gasteiger charge is 2.50. The van der Waals surface area contributed by atoms with Crippen LogP contribution in [-0.4, -0.2) is 22.2 Å². The summed E-state index contributed by atoms with van der Waals surface area (Å²) < 4.78 is 0. The Hall–Kier alpha value is -2.68. The van der Waals surface area contributed by atoms with Gasteiger partial charge >= 0.3 is 0 Å². The first kappa shape index (κ1) is 23.1. The average molecular weight is 452 g/mol. The summed E-state index contributed by atoms with van der Waals surface area (Å²) in [6, 6.07) is 26.6. The van der Waals surface area contributed by atoms with Crippen molar-refractivity contribution in [3.8, 4) is 11.1 Å². The summed E-state index contributed by atoms with van der Waals surface area (Å²) in [5.41, 5.74) is 4.01. The second kappa shape index (κ2) is 7.93. The van der Waals surface area contributed by atoms with Crippen LogP contribution < -0.4 is 0 Å². The number of hydrogen-bond acceptors (Lipinski definition) is 2. The molecule has 2 nitrogen and oxygen atoms in total. The summed E-state index contributed by atoms with van der Waals surface area (Å²) in [5, 5.41) is 17.3. The molecule has 1 N–H and O–H groups in total. The van der Waals surface area contributed by atoms with Gasteiger partial charge in [0.05, 0.1) is 5.60 Å². The molecule has 0 radical (unpaired) electrons. The molecule has 0 saturated carbocycles. The largest absolute Gasteiger partial charge is 0.387 e. The summed E-state index contributed by atoms with van der Waals surface area (Å²) >= 11 is 0. The van der Waals surface area contributed by atoms with Crippen molar-refractivity contribution in [1.29, 1.82) is 0 Å². The molecule has 5 rings (SSSR count). The number of rotatable bonds is 2. The van der Waals surface area contributed by atoms with E-state index >= 15 is 0 Å². The minimum atomic E-state index is -0.849. The highest BCUT2D eigenvalue weighted by molar-refractivity contribution is 6.08. The van der Waals surface area contributed by atoms with E-state index in [-0.39, 0.29) is 10.8 Å². The molecular formula is C32H37NO. The predicted octanol–water partition coefficient (Wildman–Crippen LogP) is 7.80. The maximum Gasteiger partial charge on any atom is 0.0870 e. The number of benzene rings is 4. The third kappa shape index (κ3) is 3.65. The SMILES string of the molecule is CC(C)(C)C(O)(CN1Cc2ccc3ccccc3c2-c2c(ccc3ccccc23)C1)C(C)(C)C. The lowest BCUT2D eigenvalue weighted by Crippen LogP contribution is -2.59. The Morgan fingerprint density at radius 3 is 1.44 bits per heavy atom. The first-order chi connectivity index (χ1) is 16.0. The van der Waals surface area contributed by atoms with E-state index in [0.29, 0.717) is 6.54 Å². The summed E-state index contributed by atoms with van der Waals surface area (Å²) in [4.78, 5) is 2.46. The maximum atomic E-state index is 12.1. The molecular weight excluding hydrogens is 414 g/mol. The van der Waals surface area contributed by atoms with E-state index in [9.17, 15) is 5.11 Å². The fourth-order valence-corrected chi connectivity index (χ4v) is 6.06. The number of nitrogens with zero attached hydrogens (tertiary/aromatic N) is 1. The molecule has 4 aromatic rings. The van der Waals surface area contributed by atoms with Crippen LogP contribution in [-0.2, 0) is 13.1 Å². The molecule has 0 bridgehead atoms. The van der Waals surface area contributed by atoms with Crippen molar-refractivity contribution in [3.05, 3.63) is 83.9 Å². The van der Waals surface area contributed by atoms with Crippen LogP contribution in [0.2, 0.25) is 0 Å². The van der Waals surface area contributed by atoms with E-state index in [0.717, 1.165) is 13.1 Å². The lowest BCUT2D eigenvalue weighted by atomic mass is 9.62. The highest BCUT2D eigenvalue weighted by atomic mass is 16.3. The van der Waals surface area contributed by atoms with Crippen LogP contribution in [0.15, 0.2) is 72.8 Å². The van der Waals surface area contributed by atoms with Gasteiger partial charge in [0.2, 0.25) is 0 Å². The van der Waals surface area contributed by atoms with E-state index in [1.165, 1.54) is 43.8 Å². The van der Waals surface area contributed by atoms with Gasteiger partial charge in [-0.1, -0.05) is 114 Å². The van der Waals surface area contributed by atoms with E-state index < -0.39 is 5.60 Å². The molecule has 0 amide bonds. The van der Waals surface area contributed by atoms with E-state index in [1.54, 1.807) is 0 Å². The number of β-amino-alcohol motifs (C(OH)–C–C–N with tert-alkyl or cyclic N) is 1. The van der Waals surface area contributed by atoms with Gasteiger partial charge in [-0.25, -0.2) is 0 Å². The summed E-state index contributed by atoms with van der Waals surface area (Å²) in [5.74, 6) is 0. The number of hydrogen-bond donors (Lipinski definition) is 1. The zero-order valence-corrected chi connectivity index (χ0v) is 21.4. The average Bonchev–Trinajstić information content (AvgIpc) is 2.94. The normalized spacial score (nSPS) is 15.3. The molecule has 1 aliphatic rings. The second-order valence-electron chi connectivity index (χ2n) is 12.1. The van der Waals surface area contributed by atoms with E-state index in [4.69, 9.17) is 0 Å². The fraction of sp³-hybridized carbons (Fsp3) is 0.375. The standard InChI is InChI=1S/C32H37NO/c1-30(2,3)32(34,31(4,5)6)21-33-19-24-17-15-22-11-7-9-13-26(22)28(24)29-25(20-33)18-16-23-12-8-10-14-27(23)29/h7-18,34H,19-21H2,1-6H3. The molecule has 0 saturated heterocycles. The zero-order chi connectivity index (χ0) is 24.3. The summed E-state index contributed by atoms with van der Waals surface area (Å²) in [7, 11) is 0. The minimum absolute atomic E-state index is 0.254. The van der Waals surface area contributed by atoms with Crippen molar-refractivity contribution in [2.75, 3.05) is 6.54 Å². The Labute approximate surface area is 204 Å². The second-order valence-corrected chi connectivity index (χ2v) is 12.1. The Morgan fingerprint density at radius 2 is 1.03 bits per heavy atom. The van der Waals surface area contributed by atoms with Gasteiger partial charge in [-0.15, -0.1) is 0 Å². The van der Waals surface area contributed by atoms with E-state index in [1.807, 2.05) is 0 Å². The predicted molar refractivity (Wildman–Crippen MR) is 145 cm³/mol. The van der Waals surface area contributed by atoms with Gasteiger partial charge in [-0.3, -0.25) is 4.90 Å². The third-order valence-electron chi connectivity index (χ3n) is 8.00. The van der Waals surface area contributed by atoms with Crippen molar-refractivity contribution in [2.45, 2.75) is 60.2 Å². The van der Waals surface area contributed by atoms with Gasteiger partial charge in [0.25, 0.3) is 0 Å². The molecule has 176 valence electrons.